The number of carbonyl (C=O) groups excluding carboxylic acids is 1. The van der Waals surface area contributed by atoms with Crippen LogP contribution in [0.15, 0.2) is 52.9 Å². The van der Waals surface area contributed by atoms with Gasteiger partial charge < -0.3 is 0 Å². The third kappa shape index (κ3) is 3.48. The van der Waals surface area contributed by atoms with Crippen molar-refractivity contribution < 1.29 is 4.79 Å². The molecule has 0 N–H and O–H groups in total. The van der Waals surface area contributed by atoms with Crippen molar-refractivity contribution in [2.75, 3.05) is 4.90 Å². The number of anilines is 2. The number of para-hydroxylation sites is 1. The Balaban J connectivity index is 1.65. The maximum absolute atomic E-state index is 12.8. The lowest BCUT2D eigenvalue weighted by atomic mass is 10.3. The summed E-state index contributed by atoms with van der Waals surface area (Å²) in [7, 11) is 0. The molecule has 0 aliphatic rings. The average molecular weight is 411 g/mol. The molecule has 8 heteroatoms. The number of fused-ring (bicyclic) bond motifs is 1. The summed E-state index contributed by atoms with van der Waals surface area (Å²) >= 11 is 2.93. The molecule has 0 aliphatic carbocycles. The van der Waals surface area contributed by atoms with Crippen LogP contribution in [0.5, 0.6) is 0 Å². The van der Waals surface area contributed by atoms with E-state index in [4.69, 9.17) is 0 Å². The van der Waals surface area contributed by atoms with Crippen molar-refractivity contribution in [2.24, 2.45) is 0 Å². The lowest BCUT2D eigenvalue weighted by molar-refractivity contribution is -0.115. The molecule has 0 saturated heterocycles. The Morgan fingerprint density at radius 2 is 2.04 bits per heavy atom. The van der Waals surface area contributed by atoms with Crippen LogP contribution in [0.3, 0.4) is 0 Å². The molecule has 142 valence electrons. The maximum Gasteiger partial charge on any atom is 0.262 e. The van der Waals surface area contributed by atoms with Crippen molar-refractivity contribution in [3.8, 4) is 0 Å². The van der Waals surface area contributed by atoms with Crippen LogP contribution in [0.4, 0.5) is 10.8 Å². The summed E-state index contributed by atoms with van der Waals surface area (Å²) in [5, 5.41) is 3.10. The average Bonchev–Trinajstić information content (AvgIpc) is 3.32. The van der Waals surface area contributed by atoms with E-state index >= 15 is 0 Å². The highest BCUT2D eigenvalue weighted by atomic mass is 32.1. The first-order valence-electron chi connectivity index (χ1n) is 8.85. The summed E-state index contributed by atoms with van der Waals surface area (Å²) in [6, 6.07) is 11.3. The van der Waals surface area contributed by atoms with E-state index in [-0.39, 0.29) is 11.5 Å². The number of aromatic nitrogens is 3. The Hall–Kier alpha value is -2.84. The van der Waals surface area contributed by atoms with Crippen LogP contribution in [-0.4, -0.2) is 20.4 Å². The predicted octanol–water partition coefficient (Wildman–Crippen LogP) is 4.21. The van der Waals surface area contributed by atoms with E-state index in [2.05, 4.69) is 16.9 Å². The van der Waals surface area contributed by atoms with Crippen LogP contribution in [0.2, 0.25) is 0 Å². The van der Waals surface area contributed by atoms with Gasteiger partial charge in [-0.25, -0.2) is 9.97 Å². The normalized spacial score (nSPS) is 11.1. The number of thiophene rings is 1. The molecule has 1 amide bonds. The molecule has 3 heterocycles. The first-order chi connectivity index (χ1) is 13.6. The van der Waals surface area contributed by atoms with E-state index in [9.17, 15) is 9.59 Å². The molecule has 4 aromatic rings. The molecule has 0 saturated carbocycles. The molecule has 0 spiro atoms. The molecule has 0 unspecified atom stereocenters. The van der Waals surface area contributed by atoms with Crippen molar-refractivity contribution in [3.63, 3.8) is 0 Å². The van der Waals surface area contributed by atoms with Gasteiger partial charge in [0.2, 0.25) is 5.91 Å². The van der Waals surface area contributed by atoms with Crippen molar-refractivity contribution in [2.45, 2.75) is 26.8 Å². The second-order valence-corrected chi connectivity index (χ2v) is 8.23. The Morgan fingerprint density at radius 3 is 2.75 bits per heavy atom. The summed E-state index contributed by atoms with van der Waals surface area (Å²) in [6.07, 6.45) is 2.45. The lowest BCUT2D eigenvalue weighted by Crippen LogP contribution is -2.23. The fourth-order valence-electron chi connectivity index (χ4n) is 2.95. The minimum atomic E-state index is -0.113. The van der Waals surface area contributed by atoms with Gasteiger partial charge in [-0.3, -0.25) is 19.1 Å². The molecule has 0 atom stereocenters. The molecule has 1 aromatic carbocycles. The number of benzene rings is 1. The van der Waals surface area contributed by atoms with Crippen LogP contribution in [0, 0.1) is 0 Å². The van der Waals surface area contributed by atoms with Gasteiger partial charge in [0, 0.05) is 17.2 Å². The Morgan fingerprint density at radius 1 is 1.25 bits per heavy atom. The Labute approximate surface area is 169 Å². The topological polar surface area (TPSA) is 68.1 Å². The highest BCUT2D eigenvalue weighted by Gasteiger charge is 2.18. The summed E-state index contributed by atoms with van der Waals surface area (Å²) in [5.74, 6) is -0.113. The molecule has 4 rings (SSSR count). The number of hydrogen-bond donors (Lipinski definition) is 0. The maximum atomic E-state index is 12.8. The van der Waals surface area contributed by atoms with Crippen LogP contribution < -0.4 is 10.5 Å². The van der Waals surface area contributed by atoms with Crippen LogP contribution >= 0.6 is 22.7 Å². The Bertz CT molecular complexity index is 1190. The second-order valence-electron chi connectivity index (χ2n) is 6.27. The fraction of sp³-hybridized carbons (Fsp3) is 0.200. The third-order valence-corrected chi connectivity index (χ3v) is 6.37. The van der Waals surface area contributed by atoms with Gasteiger partial charge in [-0.15, -0.1) is 22.7 Å². The van der Waals surface area contributed by atoms with Gasteiger partial charge >= 0.3 is 0 Å². The predicted molar refractivity (Wildman–Crippen MR) is 114 cm³/mol. The summed E-state index contributed by atoms with van der Waals surface area (Å²) in [4.78, 5) is 37.4. The van der Waals surface area contributed by atoms with Gasteiger partial charge in [-0.05, 0) is 24.6 Å². The van der Waals surface area contributed by atoms with Gasteiger partial charge in [0.1, 0.15) is 4.83 Å². The molecule has 6 nitrogen and oxygen atoms in total. The van der Waals surface area contributed by atoms with Crippen molar-refractivity contribution in [1.29, 1.82) is 0 Å². The van der Waals surface area contributed by atoms with E-state index in [0.717, 1.165) is 27.5 Å². The van der Waals surface area contributed by atoms with Gasteiger partial charge in [0.25, 0.3) is 5.56 Å². The van der Waals surface area contributed by atoms with Crippen molar-refractivity contribution >= 4 is 49.6 Å². The fourth-order valence-corrected chi connectivity index (χ4v) is 4.75. The first-order valence-corrected chi connectivity index (χ1v) is 10.5. The van der Waals surface area contributed by atoms with Crippen LogP contribution in [0.1, 0.15) is 24.4 Å². The van der Waals surface area contributed by atoms with Gasteiger partial charge in [0.05, 0.1) is 29.6 Å². The zero-order chi connectivity index (χ0) is 19.7. The van der Waals surface area contributed by atoms with E-state index in [1.54, 1.807) is 27.1 Å². The molecule has 0 fully saturated rings. The standard InChI is InChI=1S/C20H18N4O2S2/c1-3-16-9-17-18(28-16)21-12-23(19(17)26)10-14-11-27-20(22-14)24(13(2)25)15-7-5-4-6-8-15/h4-9,11-12H,3,10H2,1-2H3. The van der Waals surface area contributed by atoms with Crippen molar-refractivity contribution in [3.05, 3.63) is 69.0 Å². The Kier molecular flexibility index (Phi) is 5.06. The zero-order valence-corrected chi connectivity index (χ0v) is 17.1. The third-order valence-electron chi connectivity index (χ3n) is 4.31. The number of aryl methyl sites for hydroxylation is 1. The number of nitrogens with zero attached hydrogens (tertiary/aromatic N) is 4. The van der Waals surface area contributed by atoms with Gasteiger partial charge in [-0.2, -0.15) is 0 Å². The summed E-state index contributed by atoms with van der Waals surface area (Å²) in [5.41, 5.74) is 1.42. The molecular formula is C20H18N4O2S2. The quantitative estimate of drug-likeness (QED) is 0.494. The molecule has 0 aliphatic heterocycles. The lowest BCUT2D eigenvalue weighted by Gasteiger charge is -2.17. The highest BCUT2D eigenvalue weighted by molar-refractivity contribution is 7.18. The largest absolute Gasteiger partial charge is 0.293 e. The minimum absolute atomic E-state index is 0.0676. The van der Waals surface area contributed by atoms with E-state index in [1.165, 1.54) is 18.3 Å². The van der Waals surface area contributed by atoms with E-state index in [0.29, 0.717) is 17.1 Å². The number of hydrogen-bond acceptors (Lipinski definition) is 6. The molecule has 28 heavy (non-hydrogen) atoms. The number of thiazole rings is 1. The van der Waals surface area contributed by atoms with Gasteiger partial charge in [0.15, 0.2) is 5.13 Å². The zero-order valence-electron chi connectivity index (χ0n) is 15.5. The number of amides is 1. The van der Waals surface area contributed by atoms with E-state index in [1.807, 2.05) is 41.8 Å². The monoisotopic (exact) mass is 410 g/mol. The SMILES string of the molecule is CCc1cc2c(=O)n(Cc3csc(N(C(C)=O)c4ccccc4)n3)cnc2s1. The second kappa shape index (κ2) is 7.65. The first kappa shape index (κ1) is 18.5. The van der Waals surface area contributed by atoms with Crippen LogP contribution in [-0.2, 0) is 17.8 Å². The minimum Gasteiger partial charge on any atom is -0.293 e. The number of rotatable bonds is 5. The highest BCUT2D eigenvalue weighted by Crippen LogP contribution is 2.29. The van der Waals surface area contributed by atoms with Crippen molar-refractivity contribution in [1.82, 2.24) is 14.5 Å². The molecule has 3 aromatic heterocycles. The summed E-state index contributed by atoms with van der Waals surface area (Å²) in [6.45, 7) is 3.89. The molecular weight excluding hydrogens is 392 g/mol. The van der Waals surface area contributed by atoms with E-state index < -0.39 is 0 Å². The number of carbonyl (C=O) groups is 1. The summed E-state index contributed by atoms with van der Waals surface area (Å²) < 4.78 is 1.56. The van der Waals surface area contributed by atoms with Crippen LogP contribution in [0.25, 0.3) is 10.2 Å². The molecule has 0 bridgehead atoms. The molecule has 0 radical (unpaired) electrons. The smallest absolute Gasteiger partial charge is 0.262 e. The van der Waals surface area contributed by atoms with Gasteiger partial charge in [-0.1, -0.05) is 25.1 Å².